The van der Waals surface area contributed by atoms with E-state index in [1.807, 2.05) is 36.1 Å². The SMILES string of the molecule is CCc1ccc(S(=O)(=O)N2CC(=O)N3CCc4ccccc4C3C2)s1. The van der Waals surface area contributed by atoms with E-state index in [0.29, 0.717) is 17.3 Å². The van der Waals surface area contributed by atoms with E-state index in [1.165, 1.54) is 21.2 Å². The van der Waals surface area contributed by atoms with E-state index in [0.717, 1.165) is 23.3 Å². The molecule has 2 aromatic rings. The summed E-state index contributed by atoms with van der Waals surface area (Å²) in [6.07, 6.45) is 1.64. The molecule has 132 valence electrons. The molecule has 2 aliphatic rings. The van der Waals surface area contributed by atoms with Crippen LogP contribution < -0.4 is 0 Å². The second kappa shape index (κ2) is 6.23. The van der Waals surface area contributed by atoms with Gasteiger partial charge in [0.2, 0.25) is 5.91 Å². The summed E-state index contributed by atoms with van der Waals surface area (Å²) in [4.78, 5) is 15.5. The smallest absolute Gasteiger partial charge is 0.253 e. The first-order valence-electron chi connectivity index (χ1n) is 8.47. The van der Waals surface area contributed by atoms with Crippen LogP contribution in [0.5, 0.6) is 0 Å². The van der Waals surface area contributed by atoms with E-state index in [4.69, 9.17) is 0 Å². The average Bonchev–Trinajstić information content (AvgIpc) is 3.11. The number of hydrogen-bond acceptors (Lipinski definition) is 4. The maximum atomic E-state index is 13.0. The average molecular weight is 377 g/mol. The van der Waals surface area contributed by atoms with Crippen LogP contribution in [0.3, 0.4) is 0 Å². The molecule has 0 bridgehead atoms. The van der Waals surface area contributed by atoms with Crippen LogP contribution in [-0.4, -0.2) is 43.2 Å². The number of fused-ring (bicyclic) bond motifs is 3. The summed E-state index contributed by atoms with van der Waals surface area (Å²) in [5.74, 6) is -0.110. The second-order valence-electron chi connectivity index (χ2n) is 6.42. The van der Waals surface area contributed by atoms with Crippen LogP contribution in [0, 0.1) is 0 Å². The number of hydrogen-bond donors (Lipinski definition) is 0. The number of rotatable bonds is 3. The summed E-state index contributed by atoms with van der Waals surface area (Å²) in [5.41, 5.74) is 2.28. The first-order chi connectivity index (χ1) is 12.0. The minimum Gasteiger partial charge on any atom is -0.333 e. The highest BCUT2D eigenvalue weighted by molar-refractivity contribution is 7.91. The number of aryl methyl sites for hydroxylation is 1. The van der Waals surface area contributed by atoms with Crippen molar-refractivity contribution in [2.24, 2.45) is 0 Å². The predicted molar refractivity (Wildman–Crippen MR) is 97.1 cm³/mol. The van der Waals surface area contributed by atoms with Crippen LogP contribution in [-0.2, 0) is 27.7 Å². The Morgan fingerprint density at radius 3 is 2.76 bits per heavy atom. The van der Waals surface area contributed by atoms with Crippen molar-refractivity contribution in [3.8, 4) is 0 Å². The molecule has 1 unspecified atom stereocenters. The third-order valence-electron chi connectivity index (χ3n) is 5.00. The summed E-state index contributed by atoms with van der Waals surface area (Å²) in [6, 6.07) is 11.3. The van der Waals surface area contributed by atoms with Gasteiger partial charge in [-0.3, -0.25) is 4.79 Å². The number of benzene rings is 1. The van der Waals surface area contributed by atoms with Gasteiger partial charge in [-0.25, -0.2) is 8.42 Å². The number of sulfonamides is 1. The zero-order chi connectivity index (χ0) is 17.6. The lowest BCUT2D eigenvalue weighted by Crippen LogP contribution is -2.55. The Bertz CT molecular complexity index is 920. The van der Waals surface area contributed by atoms with Crippen molar-refractivity contribution in [1.82, 2.24) is 9.21 Å². The van der Waals surface area contributed by atoms with Crippen LogP contribution in [0.2, 0.25) is 0 Å². The van der Waals surface area contributed by atoms with Gasteiger partial charge in [0.25, 0.3) is 10.0 Å². The Labute approximate surface area is 151 Å². The number of nitrogens with zero attached hydrogens (tertiary/aromatic N) is 2. The number of piperazine rings is 1. The minimum atomic E-state index is -3.63. The number of amides is 1. The van der Waals surface area contributed by atoms with Crippen LogP contribution in [0.25, 0.3) is 0 Å². The van der Waals surface area contributed by atoms with Crippen molar-refractivity contribution < 1.29 is 13.2 Å². The second-order valence-corrected chi connectivity index (χ2v) is 9.76. The Morgan fingerprint density at radius 1 is 1.20 bits per heavy atom. The highest BCUT2D eigenvalue weighted by atomic mass is 32.2. The van der Waals surface area contributed by atoms with Crippen LogP contribution in [0.15, 0.2) is 40.6 Å². The molecule has 3 heterocycles. The fraction of sp³-hybridized carbons (Fsp3) is 0.389. The molecular weight excluding hydrogens is 356 g/mol. The summed E-state index contributed by atoms with van der Waals surface area (Å²) >= 11 is 1.30. The maximum Gasteiger partial charge on any atom is 0.253 e. The quantitative estimate of drug-likeness (QED) is 0.827. The fourth-order valence-corrected chi connectivity index (χ4v) is 6.49. The molecule has 1 aromatic carbocycles. The van der Waals surface area contributed by atoms with Crippen molar-refractivity contribution in [2.45, 2.75) is 30.0 Å². The minimum absolute atomic E-state index is 0.0691. The zero-order valence-corrected chi connectivity index (χ0v) is 15.6. The van der Waals surface area contributed by atoms with E-state index in [-0.39, 0.29) is 18.5 Å². The van der Waals surface area contributed by atoms with Crippen LogP contribution in [0.1, 0.15) is 29.0 Å². The van der Waals surface area contributed by atoms with Gasteiger partial charge in [0.1, 0.15) is 4.21 Å². The molecule has 0 aliphatic carbocycles. The van der Waals surface area contributed by atoms with E-state index in [1.54, 1.807) is 6.07 Å². The molecule has 0 N–H and O–H groups in total. The Balaban J connectivity index is 1.68. The Kier molecular flexibility index (Phi) is 4.17. The van der Waals surface area contributed by atoms with Crippen LogP contribution >= 0.6 is 11.3 Å². The molecule has 1 saturated heterocycles. The van der Waals surface area contributed by atoms with Crippen molar-refractivity contribution in [1.29, 1.82) is 0 Å². The molecule has 5 nitrogen and oxygen atoms in total. The van der Waals surface area contributed by atoms with Crippen molar-refractivity contribution >= 4 is 27.3 Å². The molecule has 4 rings (SSSR count). The van der Waals surface area contributed by atoms with Gasteiger partial charge in [-0.05, 0) is 36.1 Å². The molecule has 0 radical (unpaired) electrons. The van der Waals surface area contributed by atoms with Gasteiger partial charge in [0.05, 0.1) is 12.6 Å². The normalized spacial score (nSPS) is 21.1. The van der Waals surface area contributed by atoms with Gasteiger partial charge in [0.15, 0.2) is 0 Å². The van der Waals surface area contributed by atoms with Gasteiger partial charge in [-0.2, -0.15) is 4.31 Å². The summed E-state index contributed by atoms with van der Waals surface area (Å²) in [6.45, 7) is 2.92. The fourth-order valence-electron chi connectivity index (χ4n) is 3.64. The highest BCUT2D eigenvalue weighted by Crippen LogP contribution is 2.35. The lowest BCUT2D eigenvalue weighted by molar-refractivity contribution is -0.138. The standard InChI is InChI=1S/C18H20N2O3S2/c1-2-14-7-8-18(24-14)25(22,23)19-11-16-15-6-4-3-5-13(15)9-10-20(16)17(21)12-19/h3-8,16H,2,9-12H2,1H3. The van der Waals surface area contributed by atoms with Gasteiger partial charge >= 0.3 is 0 Å². The van der Waals surface area contributed by atoms with Crippen molar-refractivity contribution in [3.63, 3.8) is 0 Å². The molecule has 2 aliphatic heterocycles. The number of carbonyl (C=O) groups excluding carboxylic acids is 1. The predicted octanol–water partition coefficient (Wildman–Crippen LogP) is 2.44. The molecule has 1 fully saturated rings. The molecule has 0 spiro atoms. The van der Waals surface area contributed by atoms with Gasteiger partial charge in [-0.1, -0.05) is 31.2 Å². The molecular formula is C18H20N2O3S2. The molecule has 7 heteroatoms. The van der Waals surface area contributed by atoms with Crippen molar-refractivity contribution in [3.05, 3.63) is 52.4 Å². The molecule has 1 aromatic heterocycles. The van der Waals surface area contributed by atoms with E-state index in [2.05, 4.69) is 6.07 Å². The molecule has 25 heavy (non-hydrogen) atoms. The number of thiophene rings is 1. The van der Waals surface area contributed by atoms with E-state index < -0.39 is 10.0 Å². The summed E-state index contributed by atoms with van der Waals surface area (Å²) in [7, 11) is -3.63. The third kappa shape index (κ3) is 2.80. The molecule has 1 amide bonds. The zero-order valence-electron chi connectivity index (χ0n) is 14.0. The van der Waals surface area contributed by atoms with Crippen LogP contribution in [0.4, 0.5) is 0 Å². The largest absolute Gasteiger partial charge is 0.333 e. The lowest BCUT2D eigenvalue weighted by Gasteiger charge is -2.43. The lowest BCUT2D eigenvalue weighted by atomic mass is 9.91. The topological polar surface area (TPSA) is 57.7 Å². The first-order valence-corrected chi connectivity index (χ1v) is 10.7. The monoisotopic (exact) mass is 376 g/mol. The van der Waals surface area contributed by atoms with E-state index >= 15 is 0 Å². The summed E-state index contributed by atoms with van der Waals surface area (Å²) < 4.78 is 27.7. The van der Waals surface area contributed by atoms with Crippen molar-refractivity contribution in [2.75, 3.05) is 19.6 Å². The van der Waals surface area contributed by atoms with Gasteiger partial charge < -0.3 is 4.90 Å². The van der Waals surface area contributed by atoms with Gasteiger partial charge in [0, 0.05) is 18.0 Å². The highest BCUT2D eigenvalue weighted by Gasteiger charge is 2.41. The Hall–Kier alpha value is -1.70. The summed E-state index contributed by atoms with van der Waals surface area (Å²) in [5, 5.41) is 0. The molecule has 1 atom stereocenters. The first kappa shape index (κ1) is 16.8. The third-order valence-corrected chi connectivity index (χ3v) is 8.51. The van der Waals surface area contributed by atoms with E-state index in [9.17, 15) is 13.2 Å². The molecule has 0 saturated carbocycles. The number of carbonyl (C=O) groups is 1. The maximum absolute atomic E-state index is 13.0. The Morgan fingerprint density at radius 2 is 2.00 bits per heavy atom. The van der Waals surface area contributed by atoms with Gasteiger partial charge in [-0.15, -0.1) is 11.3 Å².